The molecule has 0 N–H and O–H groups in total. The van der Waals surface area contributed by atoms with Gasteiger partial charge < -0.3 is 13.6 Å². The van der Waals surface area contributed by atoms with Gasteiger partial charge in [0, 0.05) is 23.7 Å². The molecule has 43 heavy (non-hydrogen) atoms. The summed E-state index contributed by atoms with van der Waals surface area (Å²) in [6.45, 7) is 25.4. The summed E-state index contributed by atoms with van der Waals surface area (Å²) >= 11 is 0. The Morgan fingerprint density at radius 2 is 1.60 bits per heavy atom. The van der Waals surface area contributed by atoms with Crippen molar-refractivity contribution in [2.45, 2.75) is 138 Å². The van der Waals surface area contributed by atoms with E-state index in [1.807, 2.05) is 33.8 Å². The Hall–Kier alpha value is -1.69. The fourth-order valence-corrected chi connectivity index (χ4v) is 9.16. The highest BCUT2D eigenvalue weighted by Gasteiger charge is 2.51. The average Bonchev–Trinajstić information content (AvgIpc) is 3.52. The fraction of sp³-hybridized carbons (Fsp3) is 0.765. The van der Waals surface area contributed by atoms with Gasteiger partial charge in [0.2, 0.25) is 0 Å². The molecule has 0 radical (unpaired) electrons. The summed E-state index contributed by atoms with van der Waals surface area (Å²) in [5.41, 5.74) is 0.262. The molecule has 0 bridgehead atoms. The number of rotatable bonds is 6. The minimum absolute atomic E-state index is 0.0262. The summed E-state index contributed by atoms with van der Waals surface area (Å²) in [6.07, 6.45) is 9.37. The van der Waals surface area contributed by atoms with Crippen LogP contribution in [0.2, 0.25) is 39.3 Å². The Balaban J connectivity index is 2.00. The highest BCUT2D eigenvalue weighted by Crippen LogP contribution is 2.58. The van der Waals surface area contributed by atoms with Crippen molar-refractivity contribution in [2.24, 2.45) is 28.6 Å². The van der Waals surface area contributed by atoms with Gasteiger partial charge in [-0.1, -0.05) is 41.0 Å². The number of Topliss-reactive ketones (excluding diaryl/α,β-unsaturated/α-hetero) is 1. The number of hydrogen-bond donors (Lipinski definition) is 0. The molecule has 0 spiro atoms. The molecule has 2 fully saturated rings. The number of nitrogens with zero attached hydrogens (tertiary/aromatic N) is 2. The van der Waals surface area contributed by atoms with E-state index in [0.29, 0.717) is 11.7 Å². The van der Waals surface area contributed by atoms with Crippen LogP contribution in [0.25, 0.3) is 6.08 Å². The average molecular weight is 631 g/mol. The standard InChI is InChI=1S/C34H58N2O5Si2/c1-23-15-13-16-34(6)22-26(34)20-27(24(2)19-29-35-17-14-18-36-29)39-30(37)21-28(40-42(7,8)9)33(4,5)32(38)25(3)31(23)41-43(10,11)12/h14,17-19,23,25-28,31H,13,15-16,20-22H2,1-12H3/b24-19+/t23-,25+,26+,27-,28-,31?,34-/m0/s1. The van der Waals surface area contributed by atoms with Gasteiger partial charge in [0.25, 0.3) is 0 Å². The second kappa shape index (κ2) is 13.8. The van der Waals surface area contributed by atoms with Gasteiger partial charge in [-0.25, -0.2) is 9.97 Å². The van der Waals surface area contributed by atoms with E-state index in [-0.39, 0.29) is 47.6 Å². The van der Waals surface area contributed by atoms with Crippen LogP contribution < -0.4 is 0 Å². The van der Waals surface area contributed by atoms with Crippen LogP contribution in [0.4, 0.5) is 0 Å². The van der Waals surface area contributed by atoms with Gasteiger partial charge in [-0.2, -0.15) is 0 Å². The number of ether oxygens (including phenoxy) is 1. The van der Waals surface area contributed by atoms with Crippen LogP contribution in [0.5, 0.6) is 0 Å². The molecule has 1 aromatic heterocycles. The van der Waals surface area contributed by atoms with Gasteiger partial charge in [0.1, 0.15) is 11.9 Å². The van der Waals surface area contributed by atoms with Crippen LogP contribution in [0, 0.1) is 28.6 Å². The van der Waals surface area contributed by atoms with Crippen LogP contribution in [-0.4, -0.2) is 56.7 Å². The Kier molecular flexibility index (Phi) is 11.4. The van der Waals surface area contributed by atoms with E-state index in [0.717, 1.165) is 37.7 Å². The van der Waals surface area contributed by atoms with Gasteiger partial charge in [-0.15, -0.1) is 0 Å². The van der Waals surface area contributed by atoms with Crippen molar-refractivity contribution in [3.05, 3.63) is 29.9 Å². The molecule has 0 amide bonds. The first-order valence-corrected chi connectivity index (χ1v) is 23.1. The normalized spacial score (nSPS) is 33.4. The lowest BCUT2D eigenvalue weighted by Gasteiger charge is -2.41. The predicted octanol–water partition coefficient (Wildman–Crippen LogP) is 8.09. The van der Waals surface area contributed by atoms with Crippen molar-refractivity contribution in [3.8, 4) is 0 Å². The van der Waals surface area contributed by atoms with Crippen LogP contribution in [0.1, 0.15) is 85.9 Å². The van der Waals surface area contributed by atoms with Gasteiger partial charge in [-0.3, -0.25) is 9.59 Å². The largest absolute Gasteiger partial charge is 0.458 e. The van der Waals surface area contributed by atoms with Gasteiger partial charge in [-0.05, 0) is 107 Å². The maximum absolute atomic E-state index is 14.4. The first kappa shape index (κ1) is 35.8. The summed E-state index contributed by atoms with van der Waals surface area (Å²) in [5, 5.41) is 0. The minimum Gasteiger partial charge on any atom is -0.458 e. The molecule has 9 heteroatoms. The number of aromatic nitrogens is 2. The number of cyclic esters (lactones) is 1. The van der Waals surface area contributed by atoms with Crippen LogP contribution >= 0.6 is 0 Å². The predicted molar refractivity (Wildman–Crippen MR) is 178 cm³/mol. The van der Waals surface area contributed by atoms with E-state index in [1.165, 1.54) is 0 Å². The van der Waals surface area contributed by atoms with E-state index in [4.69, 9.17) is 13.6 Å². The van der Waals surface area contributed by atoms with Gasteiger partial charge >= 0.3 is 5.97 Å². The monoisotopic (exact) mass is 630 g/mol. The number of carbonyl (C=O) groups excluding carboxylic acids is 2. The molecular formula is C34H58N2O5Si2. The summed E-state index contributed by atoms with van der Waals surface area (Å²) < 4.78 is 19.7. The van der Waals surface area contributed by atoms with E-state index >= 15 is 0 Å². The first-order chi connectivity index (χ1) is 19.7. The van der Waals surface area contributed by atoms with E-state index in [1.54, 1.807) is 18.5 Å². The lowest BCUT2D eigenvalue weighted by molar-refractivity contribution is -0.153. The number of ketones is 1. The minimum atomic E-state index is -2.12. The van der Waals surface area contributed by atoms with Crippen molar-refractivity contribution < 1.29 is 23.2 Å². The third-order valence-corrected chi connectivity index (χ3v) is 11.4. The lowest BCUT2D eigenvalue weighted by atomic mass is 9.73. The number of carbonyl (C=O) groups is 2. The smallest absolute Gasteiger partial charge is 0.309 e. The van der Waals surface area contributed by atoms with E-state index in [2.05, 4.69) is 63.1 Å². The highest BCUT2D eigenvalue weighted by atomic mass is 28.4. The molecule has 7 nitrogen and oxygen atoms in total. The topological polar surface area (TPSA) is 87.6 Å². The zero-order valence-electron chi connectivity index (χ0n) is 29.0. The van der Waals surface area contributed by atoms with Crippen molar-refractivity contribution in [1.82, 2.24) is 9.97 Å². The quantitative estimate of drug-likeness (QED) is 0.232. The van der Waals surface area contributed by atoms with Crippen molar-refractivity contribution >= 4 is 34.5 Å². The van der Waals surface area contributed by atoms with Gasteiger partial charge in [0.05, 0.1) is 18.6 Å². The first-order valence-electron chi connectivity index (χ1n) is 16.3. The summed E-state index contributed by atoms with van der Waals surface area (Å²) in [4.78, 5) is 36.8. The van der Waals surface area contributed by atoms with Crippen LogP contribution in [0.15, 0.2) is 24.0 Å². The summed E-state index contributed by atoms with van der Waals surface area (Å²) in [6, 6.07) is 1.79. The molecule has 1 unspecified atom stereocenters. The molecule has 1 saturated heterocycles. The van der Waals surface area contributed by atoms with Gasteiger partial charge in [0.15, 0.2) is 22.5 Å². The Morgan fingerprint density at radius 1 is 1.00 bits per heavy atom. The third-order valence-electron chi connectivity index (χ3n) is 9.41. The van der Waals surface area contributed by atoms with E-state index < -0.39 is 28.2 Å². The highest BCUT2D eigenvalue weighted by molar-refractivity contribution is 6.70. The zero-order chi connectivity index (χ0) is 32.4. The van der Waals surface area contributed by atoms with Crippen molar-refractivity contribution in [2.75, 3.05) is 0 Å². The van der Waals surface area contributed by atoms with Crippen molar-refractivity contribution in [3.63, 3.8) is 0 Å². The molecular weight excluding hydrogens is 573 g/mol. The zero-order valence-corrected chi connectivity index (χ0v) is 31.0. The summed E-state index contributed by atoms with van der Waals surface area (Å²) in [7, 11) is -4.05. The molecule has 1 aliphatic carbocycles. The number of esters is 1. The Bertz CT molecular complexity index is 1140. The third kappa shape index (κ3) is 10.2. The molecule has 2 heterocycles. The van der Waals surface area contributed by atoms with Crippen molar-refractivity contribution in [1.29, 1.82) is 0 Å². The second-order valence-electron chi connectivity index (χ2n) is 16.1. The molecule has 0 aromatic carbocycles. The Labute approximate surface area is 263 Å². The Morgan fingerprint density at radius 3 is 2.19 bits per heavy atom. The number of fused-ring (bicyclic) bond motifs is 1. The molecule has 242 valence electrons. The second-order valence-corrected chi connectivity index (χ2v) is 25.0. The van der Waals surface area contributed by atoms with E-state index in [9.17, 15) is 9.59 Å². The fourth-order valence-electron chi connectivity index (χ4n) is 6.68. The maximum Gasteiger partial charge on any atom is 0.309 e. The lowest BCUT2D eigenvalue weighted by Crippen LogP contribution is -2.51. The van der Waals surface area contributed by atoms with Crippen LogP contribution in [0.3, 0.4) is 0 Å². The molecule has 3 rings (SSSR count). The molecule has 1 aromatic rings. The molecule has 2 aliphatic rings. The summed E-state index contributed by atoms with van der Waals surface area (Å²) in [5.74, 6) is 0.775. The molecule has 7 atom stereocenters. The molecule has 1 aliphatic heterocycles. The SMILES string of the molecule is C/C(=C\c1ncccn1)[C@@H]1C[C@@H]2C[C@]2(C)CCC[C@H](C)C(O[Si](C)(C)C)[C@@H](C)C(=O)C(C)(C)[C@@H](O[Si](C)(C)C)CC(=O)O1. The maximum atomic E-state index is 14.4. The van der Waals surface area contributed by atoms with Crippen LogP contribution in [-0.2, 0) is 23.2 Å². The molecule has 1 saturated carbocycles. The number of hydrogen-bond acceptors (Lipinski definition) is 7.